The Morgan fingerprint density at radius 1 is 1.44 bits per heavy atom. The van der Waals surface area contributed by atoms with Crippen molar-refractivity contribution in [3.63, 3.8) is 0 Å². The van der Waals surface area contributed by atoms with Gasteiger partial charge in [-0.3, -0.25) is 4.99 Å². The fourth-order valence-electron chi connectivity index (χ4n) is 2.83. The minimum Gasteiger partial charge on any atom is -0.372 e. The lowest BCUT2D eigenvalue weighted by Crippen LogP contribution is -2.25. The molecule has 5 unspecified atom stereocenters. The van der Waals surface area contributed by atoms with Gasteiger partial charge in [0.15, 0.2) is 0 Å². The molecule has 18 heavy (non-hydrogen) atoms. The van der Waals surface area contributed by atoms with Crippen LogP contribution in [0.25, 0.3) is 0 Å². The lowest BCUT2D eigenvalue weighted by atomic mass is 9.86. The van der Waals surface area contributed by atoms with E-state index in [1.165, 1.54) is 18.6 Å². The molecule has 0 aromatic heterocycles. The summed E-state index contributed by atoms with van der Waals surface area (Å²) >= 11 is 0. The van der Waals surface area contributed by atoms with Crippen LogP contribution in [0.3, 0.4) is 0 Å². The van der Waals surface area contributed by atoms with Crippen molar-refractivity contribution in [3.05, 3.63) is 12.2 Å². The van der Waals surface area contributed by atoms with Crippen molar-refractivity contribution in [2.75, 3.05) is 13.2 Å². The maximum atomic E-state index is 5.57. The minimum atomic E-state index is 0.199. The summed E-state index contributed by atoms with van der Waals surface area (Å²) in [7, 11) is 0. The molecule has 1 heterocycles. The van der Waals surface area contributed by atoms with Gasteiger partial charge < -0.3 is 4.74 Å². The van der Waals surface area contributed by atoms with Crippen LogP contribution in [0.2, 0.25) is 0 Å². The Morgan fingerprint density at radius 3 is 2.67 bits per heavy atom. The van der Waals surface area contributed by atoms with E-state index >= 15 is 0 Å². The molecular weight excluding hydrogens is 222 g/mol. The van der Waals surface area contributed by atoms with Crippen molar-refractivity contribution in [2.45, 2.75) is 46.6 Å². The number of rotatable bonds is 6. The summed E-state index contributed by atoms with van der Waals surface area (Å²) < 4.78 is 5.57. The second kappa shape index (κ2) is 6.01. The molecule has 0 aromatic rings. The van der Waals surface area contributed by atoms with Crippen LogP contribution in [-0.2, 0) is 4.74 Å². The van der Waals surface area contributed by atoms with E-state index in [9.17, 15) is 0 Å². The van der Waals surface area contributed by atoms with Gasteiger partial charge in [0.25, 0.3) is 0 Å². The van der Waals surface area contributed by atoms with Crippen LogP contribution in [0.1, 0.15) is 40.5 Å². The van der Waals surface area contributed by atoms with Crippen molar-refractivity contribution < 1.29 is 4.74 Å². The van der Waals surface area contributed by atoms with Gasteiger partial charge in [0.05, 0.1) is 12.6 Å². The highest BCUT2D eigenvalue weighted by Gasteiger charge is 2.35. The van der Waals surface area contributed by atoms with E-state index in [1.54, 1.807) is 0 Å². The Bertz CT molecular complexity index is 334. The first-order valence-corrected chi connectivity index (χ1v) is 7.46. The number of dihydropyridines is 1. The van der Waals surface area contributed by atoms with E-state index in [-0.39, 0.29) is 6.10 Å². The van der Waals surface area contributed by atoms with Crippen LogP contribution in [0.4, 0.5) is 0 Å². The van der Waals surface area contributed by atoms with Crippen molar-refractivity contribution >= 4 is 5.71 Å². The summed E-state index contributed by atoms with van der Waals surface area (Å²) in [5, 5.41) is 0. The third kappa shape index (κ3) is 3.44. The van der Waals surface area contributed by atoms with E-state index < -0.39 is 0 Å². The molecule has 1 fully saturated rings. The molecule has 5 atom stereocenters. The molecule has 2 heteroatoms. The molecule has 0 saturated heterocycles. The molecule has 1 saturated carbocycles. The first-order valence-electron chi connectivity index (χ1n) is 7.46. The van der Waals surface area contributed by atoms with Gasteiger partial charge in [-0.2, -0.15) is 0 Å². The average Bonchev–Trinajstić information content (AvgIpc) is 3.05. The minimum absolute atomic E-state index is 0.199. The summed E-state index contributed by atoms with van der Waals surface area (Å²) in [6.07, 6.45) is 7.36. The molecule has 2 aliphatic rings. The molecule has 2 rings (SSSR count). The smallest absolute Gasteiger partial charge is 0.0954 e. The van der Waals surface area contributed by atoms with Gasteiger partial charge in [-0.15, -0.1) is 0 Å². The maximum Gasteiger partial charge on any atom is 0.0954 e. The number of allylic oxidation sites excluding steroid dienone is 1. The number of ether oxygens (including phenoxy) is 1. The quantitative estimate of drug-likeness (QED) is 0.703. The van der Waals surface area contributed by atoms with Crippen LogP contribution in [0.15, 0.2) is 17.1 Å². The molecule has 0 aromatic carbocycles. The molecule has 0 N–H and O–H groups in total. The summed E-state index contributed by atoms with van der Waals surface area (Å²) in [6, 6.07) is 0. The van der Waals surface area contributed by atoms with Gasteiger partial charge in [-0.1, -0.05) is 26.8 Å². The second-order valence-corrected chi connectivity index (χ2v) is 6.09. The summed E-state index contributed by atoms with van der Waals surface area (Å²) in [4.78, 5) is 4.70. The van der Waals surface area contributed by atoms with Crippen LogP contribution in [0, 0.1) is 23.7 Å². The molecule has 2 nitrogen and oxygen atoms in total. The number of hydrogen-bond acceptors (Lipinski definition) is 2. The molecule has 0 spiro atoms. The van der Waals surface area contributed by atoms with Crippen LogP contribution in [0.5, 0.6) is 0 Å². The van der Waals surface area contributed by atoms with Gasteiger partial charge in [-0.25, -0.2) is 0 Å². The highest BCUT2D eigenvalue weighted by atomic mass is 16.5. The van der Waals surface area contributed by atoms with E-state index in [2.05, 4.69) is 32.9 Å². The van der Waals surface area contributed by atoms with Crippen LogP contribution >= 0.6 is 0 Å². The zero-order valence-electron chi connectivity index (χ0n) is 12.2. The molecule has 0 amide bonds. The second-order valence-electron chi connectivity index (χ2n) is 6.09. The van der Waals surface area contributed by atoms with Gasteiger partial charge in [0.1, 0.15) is 0 Å². The summed E-state index contributed by atoms with van der Waals surface area (Å²) in [5.41, 5.74) is 1.27. The van der Waals surface area contributed by atoms with Crippen molar-refractivity contribution in [2.24, 2.45) is 28.7 Å². The lowest BCUT2D eigenvalue weighted by Gasteiger charge is -2.23. The maximum absolute atomic E-state index is 5.57. The van der Waals surface area contributed by atoms with E-state index in [0.29, 0.717) is 5.92 Å². The van der Waals surface area contributed by atoms with Crippen molar-refractivity contribution in [3.8, 4) is 0 Å². The predicted molar refractivity (Wildman–Crippen MR) is 77.1 cm³/mol. The van der Waals surface area contributed by atoms with E-state index in [4.69, 9.17) is 9.73 Å². The Morgan fingerprint density at radius 2 is 2.17 bits per heavy atom. The molecule has 102 valence electrons. The highest BCUT2D eigenvalue weighted by Crippen LogP contribution is 2.43. The molecule has 1 aliphatic carbocycles. The Kier molecular flexibility index (Phi) is 4.60. The Hall–Kier alpha value is -0.630. The molecule has 0 radical (unpaired) electrons. The standard InChI is InChI=1S/C16H27NO/c1-5-18-15-6-7-16(17-10-15)13(4)11(2)8-14-9-12(14)3/h6-7,11-15H,5,8-10H2,1-4H3. The SMILES string of the molecule is CCOC1C=CC(C(C)C(C)CC2CC2C)=NC1. The fourth-order valence-corrected chi connectivity index (χ4v) is 2.83. The number of nitrogens with zero attached hydrogens (tertiary/aromatic N) is 1. The van der Waals surface area contributed by atoms with Gasteiger partial charge in [-0.05, 0) is 43.6 Å². The Balaban J connectivity index is 1.82. The zero-order chi connectivity index (χ0) is 13.1. The third-order valence-corrected chi connectivity index (χ3v) is 4.59. The summed E-state index contributed by atoms with van der Waals surface area (Å²) in [6.45, 7) is 10.7. The Labute approximate surface area is 112 Å². The first kappa shape index (κ1) is 13.8. The van der Waals surface area contributed by atoms with Gasteiger partial charge in [0.2, 0.25) is 0 Å². The molecular formula is C16H27NO. The topological polar surface area (TPSA) is 21.6 Å². The zero-order valence-corrected chi connectivity index (χ0v) is 12.2. The normalized spacial score (nSPS) is 34.0. The monoisotopic (exact) mass is 249 g/mol. The number of hydrogen-bond donors (Lipinski definition) is 0. The van der Waals surface area contributed by atoms with Gasteiger partial charge in [0, 0.05) is 18.2 Å². The van der Waals surface area contributed by atoms with Crippen LogP contribution in [-0.4, -0.2) is 25.0 Å². The molecule has 0 bridgehead atoms. The first-order chi connectivity index (χ1) is 8.61. The van der Waals surface area contributed by atoms with Crippen molar-refractivity contribution in [1.82, 2.24) is 0 Å². The fraction of sp³-hybridized carbons (Fsp3) is 0.812. The third-order valence-electron chi connectivity index (χ3n) is 4.59. The van der Waals surface area contributed by atoms with Gasteiger partial charge >= 0.3 is 0 Å². The largest absolute Gasteiger partial charge is 0.372 e. The van der Waals surface area contributed by atoms with Crippen LogP contribution < -0.4 is 0 Å². The number of aliphatic imine (C=N–C) groups is 1. The molecule has 1 aliphatic heterocycles. The average molecular weight is 249 g/mol. The highest BCUT2D eigenvalue weighted by molar-refractivity contribution is 5.97. The van der Waals surface area contributed by atoms with E-state index in [0.717, 1.165) is 30.9 Å². The summed E-state index contributed by atoms with van der Waals surface area (Å²) in [5.74, 6) is 3.27. The lowest BCUT2D eigenvalue weighted by molar-refractivity contribution is 0.102. The predicted octanol–water partition coefficient (Wildman–Crippen LogP) is 3.72. The van der Waals surface area contributed by atoms with Crippen molar-refractivity contribution in [1.29, 1.82) is 0 Å². The van der Waals surface area contributed by atoms with E-state index in [1.807, 2.05) is 6.92 Å².